The smallest absolute Gasteiger partial charge is 0.243 e. The Hall–Kier alpha value is -2.42. The maximum Gasteiger partial charge on any atom is 0.243 e. The number of amides is 1. The molecule has 0 saturated carbocycles. The normalized spacial score (nSPS) is 16.0. The van der Waals surface area contributed by atoms with Gasteiger partial charge in [0, 0.05) is 31.0 Å². The molecule has 1 aliphatic heterocycles. The van der Waals surface area contributed by atoms with Crippen molar-refractivity contribution in [3.05, 3.63) is 54.1 Å². The highest BCUT2D eigenvalue weighted by Gasteiger charge is 2.26. The lowest BCUT2D eigenvalue weighted by molar-refractivity contribution is -0.115. The Labute approximate surface area is 184 Å². The van der Waals surface area contributed by atoms with Crippen LogP contribution in [0.4, 0.5) is 11.4 Å². The number of anilines is 2. The lowest BCUT2D eigenvalue weighted by Gasteiger charge is -2.27. The fourth-order valence-electron chi connectivity index (χ4n) is 3.73. The minimum Gasteiger partial charge on any atom is -0.392 e. The van der Waals surface area contributed by atoms with E-state index in [-0.39, 0.29) is 17.3 Å². The van der Waals surface area contributed by atoms with Crippen LogP contribution in [0.2, 0.25) is 0 Å². The quantitative estimate of drug-likeness (QED) is 0.652. The highest BCUT2D eigenvalue weighted by atomic mass is 32.2. The van der Waals surface area contributed by atoms with Crippen molar-refractivity contribution in [3.8, 4) is 0 Å². The highest BCUT2D eigenvalue weighted by molar-refractivity contribution is 7.89. The SMILES string of the molecule is Cc1ccc(S(=O)(=O)N2CCCCC2)cc1NC(=O)CN(CC(C)O)c1ccccc1. The molecule has 1 unspecified atom stereocenters. The number of hydrogen-bond acceptors (Lipinski definition) is 5. The number of nitrogens with zero attached hydrogens (tertiary/aromatic N) is 2. The third-order valence-electron chi connectivity index (χ3n) is 5.38. The molecule has 0 bridgehead atoms. The van der Waals surface area contributed by atoms with Crippen molar-refractivity contribution < 1.29 is 18.3 Å². The fourth-order valence-corrected chi connectivity index (χ4v) is 5.28. The van der Waals surface area contributed by atoms with Crippen LogP contribution in [0.25, 0.3) is 0 Å². The number of carbonyl (C=O) groups is 1. The number of aryl methyl sites for hydroxylation is 1. The van der Waals surface area contributed by atoms with Gasteiger partial charge in [-0.1, -0.05) is 30.7 Å². The van der Waals surface area contributed by atoms with Crippen molar-refractivity contribution in [1.82, 2.24) is 4.31 Å². The molecule has 3 rings (SSSR count). The van der Waals surface area contributed by atoms with E-state index in [1.165, 1.54) is 4.31 Å². The van der Waals surface area contributed by atoms with Crippen molar-refractivity contribution in [2.75, 3.05) is 36.4 Å². The Morgan fingerprint density at radius 1 is 1.13 bits per heavy atom. The summed E-state index contributed by atoms with van der Waals surface area (Å²) in [5.74, 6) is -0.278. The molecule has 2 N–H and O–H groups in total. The first-order chi connectivity index (χ1) is 14.8. The molecule has 2 aromatic rings. The van der Waals surface area contributed by atoms with Crippen LogP contribution in [0.5, 0.6) is 0 Å². The third-order valence-corrected chi connectivity index (χ3v) is 7.27. The summed E-state index contributed by atoms with van der Waals surface area (Å²) in [6, 6.07) is 14.3. The molecular formula is C23H31N3O4S. The largest absolute Gasteiger partial charge is 0.392 e. The minimum absolute atomic E-state index is 0.0391. The number of nitrogens with one attached hydrogen (secondary N) is 1. The van der Waals surface area contributed by atoms with E-state index < -0.39 is 16.1 Å². The van der Waals surface area contributed by atoms with Crippen molar-refractivity contribution in [1.29, 1.82) is 0 Å². The molecule has 0 radical (unpaired) electrons. The van der Waals surface area contributed by atoms with Gasteiger partial charge in [-0.3, -0.25) is 4.79 Å². The second kappa shape index (κ2) is 10.3. The van der Waals surface area contributed by atoms with E-state index in [2.05, 4.69) is 5.32 Å². The summed E-state index contributed by atoms with van der Waals surface area (Å²) in [6.45, 7) is 4.91. The van der Waals surface area contributed by atoms with E-state index in [4.69, 9.17) is 0 Å². The molecule has 1 heterocycles. The zero-order chi connectivity index (χ0) is 22.4. The Kier molecular flexibility index (Phi) is 7.69. The molecule has 7 nitrogen and oxygen atoms in total. The van der Waals surface area contributed by atoms with Crippen molar-refractivity contribution in [3.63, 3.8) is 0 Å². The molecule has 2 aromatic carbocycles. The fraction of sp³-hybridized carbons (Fsp3) is 0.435. The van der Waals surface area contributed by atoms with Gasteiger partial charge in [-0.05, 0) is 56.5 Å². The van der Waals surface area contributed by atoms with Gasteiger partial charge in [-0.2, -0.15) is 4.31 Å². The number of benzene rings is 2. The third kappa shape index (κ3) is 6.06. The summed E-state index contributed by atoms with van der Waals surface area (Å²) in [5, 5.41) is 12.7. The maximum absolute atomic E-state index is 13.0. The molecule has 1 fully saturated rings. The molecule has 1 amide bonds. The number of rotatable bonds is 8. The lowest BCUT2D eigenvalue weighted by Crippen LogP contribution is -2.38. The van der Waals surface area contributed by atoms with Crippen LogP contribution in [-0.4, -0.2) is 56.0 Å². The number of sulfonamides is 1. The molecule has 168 valence electrons. The van der Waals surface area contributed by atoms with Gasteiger partial charge in [0.1, 0.15) is 0 Å². The van der Waals surface area contributed by atoms with E-state index in [9.17, 15) is 18.3 Å². The Balaban J connectivity index is 1.76. The predicted octanol–water partition coefficient (Wildman–Crippen LogP) is 3.00. The number of para-hydroxylation sites is 1. The zero-order valence-corrected chi connectivity index (χ0v) is 18.9. The molecule has 0 aromatic heterocycles. The van der Waals surface area contributed by atoms with Gasteiger partial charge in [0.05, 0.1) is 17.5 Å². The number of piperidine rings is 1. The van der Waals surface area contributed by atoms with Crippen molar-refractivity contribution >= 4 is 27.3 Å². The van der Waals surface area contributed by atoms with Crippen LogP contribution in [0.1, 0.15) is 31.7 Å². The van der Waals surface area contributed by atoms with Crippen molar-refractivity contribution in [2.45, 2.75) is 44.1 Å². The van der Waals surface area contributed by atoms with E-state index in [1.807, 2.05) is 37.3 Å². The summed E-state index contributed by atoms with van der Waals surface area (Å²) in [6.07, 6.45) is 2.18. The summed E-state index contributed by atoms with van der Waals surface area (Å²) in [4.78, 5) is 14.8. The van der Waals surface area contributed by atoms with Gasteiger partial charge in [-0.15, -0.1) is 0 Å². The first-order valence-electron chi connectivity index (χ1n) is 10.7. The number of carbonyl (C=O) groups excluding carboxylic acids is 1. The average molecular weight is 446 g/mol. The zero-order valence-electron chi connectivity index (χ0n) is 18.1. The monoisotopic (exact) mass is 445 g/mol. The van der Waals surface area contributed by atoms with Crippen LogP contribution in [0, 0.1) is 6.92 Å². The van der Waals surface area contributed by atoms with Gasteiger partial charge in [0.2, 0.25) is 15.9 Å². The lowest BCUT2D eigenvalue weighted by atomic mass is 10.2. The average Bonchev–Trinajstić information content (AvgIpc) is 2.75. The predicted molar refractivity (Wildman–Crippen MR) is 123 cm³/mol. The Morgan fingerprint density at radius 3 is 2.45 bits per heavy atom. The molecule has 1 aliphatic rings. The Bertz CT molecular complexity index is 987. The maximum atomic E-state index is 13.0. The standard InChI is InChI=1S/C23H31N3O4S/c1-18-11-12-21(31(29,30)26-13-7-4-8-14-26)15-22(18)24-23(28)17-25(16-19(2)27)20-9-5-3-6-10-20/h3,5-6,9-12,15,19,27H,4,7-8,13-14,16-17H2,1-2H3,(H,24,28). The number of aliphatic hydroxyl groups is 1. The summed E-state index contributed by atoms with van der Waals surface area (Å²) in [7, 11) is -3.58. The van der Waals surface area contributed by atoms with Gasteiger partial charge in [0.15, 0.2) is 0 Å². The first-order valence-corrected chi connectivity index (χ1v) is 12.1. The van der Waals surface area contributed by atoms with Crippen LogP contribution in [0.3, 0.4) is 0 Å². The summed E-state index contributed by atoms with van der Waals surface area (Å²) >= 11 is 0. The molecule has 8 heteroatoms. The second-order valence-electron chi connectivity index (χ2n) is 8.05. The highest BCUT2D eigenvalue weighted by Crippen LogP contribution is 2.25. The van der Waals surface area contributed by atoms with E-state index in [0.29, 0.717) is 25.3 Å². The minimum atomic E-state index is -3.58. The van der Waals surface area contributed by atoms with Crippen LogP contribution < -0.4 is 10.2 Å². The van der Waals surface area contributed by atoms with E-state index in [0.717, 1.165) is 30.5 Å². The molecule has 1 saturated heterocycles. The first kappa shape index (κ1) is 23.2. The molecular weight excluding hydrogens is 414 g/mol. The van der Waals surface area contributed by atoms with Crippen LogP contribution in [0.15, 0.2) is 53.4 Å². The molecule has 1 atom stereocenters. The second-order valence-corrected chi connectivity index (χ2v) is 9.99. The summed E-state index contributed by atoms with van der Waals surface area (Å²) in [5.41, 5.74) is 2.09. The van der Waals surface area contributed by atoms with Crippen LogP contribution >= 0.6 is 0 Å². The van der Waals surface area contributed by atoms with Gasteiger partial charge in [-0.25, -0.2) is 8.42 Å². The van der Waals surface area contributed by atoms with Gasteiger partial charge < -0.3 is 15.3 Å². The van der Waals surface area contributed by atoms with Gasteiger partial charge >= 0.3 is 0 Å². The van der Waals surface area contributed by atoms with E-state index in [1.54, 1.807) is 30.0 Å². The molecule has 0 spiro atoms. The van der Waals surface area contributed by atoms with Crippen LogP contribution in [-0.2, 0) is 14.8 Å². The number of hydrogen-bond donors (Lipinski definition) is 2. The topological polar surface area (TPSA) is 90.0 Å². The molecule has 0 aliphatic carbocycles. The Morgan fingerprint density at radius 2 is 1.81 bits per heavy atom. The van der Waals surface area contributed by atoms with Gasteiger partial charge in [0.25, 0.3) is 0 Å². The number of aliphatic hydroxyl groups excluding tert-OH is 1. The van der Waals surface area contributed by atoms with Crippen molar-refractivity contribution in [2.24, 2.45) is 0 Å². The van der Waals surface area contributed by atoms with E-state index >= 15 is 0 Å². The molecule has 31 heavy (non-hydrogen) atoms. The summed E-state index contributed by atoms with van der Waals surface area (Å²) < 4.78 is 27.5.